The molecule has 4 heterocycles. The van der Waals surface area contributed by atoms with E-state index in [-0.39, 0.29) is 0 Å². The van der Waals surface area contributed by atoms with Crippen molar-refractivity contribution in [1.82, 2.24) is 25.3 Å². The summed E-state index contributed by atoms with van der Waals surface area (Å²) in [5, 5.41) is 6.60. The summed E-state index contributed by atoms with van der Waals surface area (Å²) >= 11 is 0. The maximum Gasteiger partial charge on any atom is 0.150 e. The Kier molecular flexibility index (Phi) is 6.34. The van der Waals surface area contributed by atoms with Gasteiger partial charge in [0, 0.05) is 67.7 Å². The van der Waals surface area contributed by atoms with Gasteiger partial charge in [0.2, 0.25) is 0 Å². The molecule has 3 aromatic rings. The first-order chi connectivity index (χ1) is 14.7. The van der Waals surface area contributed by atoms with E-state index in [0.717, 1.165) is 73.8 Å². The Balaban J connectivity index is 1.72. The first kappa shape index (κ1) is 20.0. The molecule has 8 heteroatoms. The topological polar surface area (TPSA) is 105 Å². The highest BCUT2D eigenvalue weighted by Gasteiger charge is 2.16. The Bertz CT molecular complexity index is 970. The van der Waals surface area contributed by atoms with Crippen LogP contribution in [0.1, 0.15) is 25.3 Å². The van der Waals surface area contributed by atoms with E-state index >= 15 is 0 Å². The summed E-state index contributed by atoms with van der Waals surface area (Å²) in [7, 11) is 0. The Morgan fingerprint density at radius 3 is 2.73 bits per heavy atom. The smallest absolute Gasteiger partial charge is 0.150 e. The molecule has 0 bridgehead atoms. The van der Waals surface area contributed by atoms with E-state index in [9.17, 15) is 0 Å². The number of hydrogen-bond donors (Lipinski definition) is 3. The van der Waals surface area contributed by atoms with Crippen LogP contribution in [0.3, 0.4) is 0 Å². The van der Waals surface area contributed by atoms with Crippen LogP contribution < -0.4 is 21.3 Å². The highest BCUT2D eigenvalue weighted by molar-refractivity contribution is 5.75. The van der Waals surface area contributed by atoms with Crippen molar-refractivity contribution >= 4 is 23.1 Å². The van der Waals surface area contributed by atoms with Crippen molar-refractivity contribution in [2.45, 2.75) is 26.2 Å². The first-order valence-corrected chi connectivity index (χ1v) is 10.5. The Morgan fingerprint density at radius 1 is 1.10 bits per heavy atom. The highest BCUT2D eigenvalue weighted by atomic mass is 15.2. The molecular weight excluding hydrogens is 376 g/mol. The maximum absolute atomic E-state index is 6.48. The zero-order valence-corrected chi connectivity index (χ0v) is 17.3. The van der Waals surface area contributed by atoms with Crippen molar-refractivity contribution < 1.29 is 0 Å². The second-order valence-corrected chi connectivity index (χ2v) is 7.38. The van der Waals surface area contributed by atoms with E-state index in [4.69, 9.17) is 10.7 Å². The number of aromatic nitrogens is 4. The molecule has 0 radical (unpaired) electrons. The summed E-state index contributed by atoms with van der Waals surface area (Å²) in [6.45, 7) is 6.01. The van der Waals surface area contributed by atoms with Gasteiger partial charge in [-0.2, -0.15) is 0 Å². The van der Waals surface area contributed by atoms with E-state index in [1.807, 2.05) is 18.3 Å². The van der Waals surface area contributed by atoms with Crippen molar-refractivity contribution in [2.24, 2.45) is 0 Å². The number of unbranched alkanes of at least 4 members (excludes halogenated alkanes) is 1. The molecule has 1 aliphatic rings. The molecule has 0 aliphatic carbocycles. The Hall–Kier alpha value is -3.26. The SMILES string of the molecule is CCCCc1c(N)cc(Nc2cnccn2)nc1-c1ccnc(N2CCNCC2)c1. The van der Waals surface area contributed by atoms with Crippen molar-refractivity contribution in [2.75, 3.05) is 42.1 Å². The second-order valence-electron chi connectivity index (χ2n) is 7.38. The highest BCUT2D eigenvalue weighted by Crippen LogP contribution is 2.32. The molecule has 0 atom stereocenters. The summed E-state index contributed by atoms with van der Waals surface area (Å²) in [6.07, 6.45) is 9.86. The lowest BCUT2D eigenvalue weighted by atomic mass is 10.00. The standard InChI is InChI=1S/C22H28N8/c1-2-3-4-17-18(23)14-19(28-20-15-25-7-8-26-20)29-22(17)16-5-6-27-21(13-16)30-11-9-24-10-12-30/h5-8,13-15,24H,2-4,9-12H2,1H3,(H3,23,26,28,29). The van der Waals surface area contributed by atoms with Crippen LogP contribution >= 0.6 is 0 Å². The number of hydrogen-bond acceptors (Lipinski definition) is 8. The largest absolute Gasteiger partial charge is 0.398 e. The van der Waals surface area contributed by atoms with Gasteiger partial charge >= 0.3 is 0 Å². The van der Waals surface area contributed by atoms with Crippen LogP contribution in [0, 0.1) is 0 Å². The number of piperazine rings is 1. The van der Waals surface area contributed by atoms with Crippen LogP contribution in [0.5, 0.6) is 0 Å². The van der Waals surface area contributed by atoms with Crippen molar-refractivity contribution in [3.05, 3.63) is 48.5 Å². The fraction of sp³-hybridized carbons (Fsp3) is 0.364. The number of nitrogens with zero attached hydrogens (tertiary/aromatic N) is 5. The summed E-state index contributed by atoms with van der Waals surface area (Å²) in [6, 6.07) is 6.01. The third kappa shape index (κ3) is 4.65. The van der Waals surface area contributed by atoms with Crippen LogP contribution in [0.25, 0.3) is 11.3 Å². The quantitative estimate of drug-likeness (QED) is 0.552. The number of nitrogens with one attached hydrogen (secondary N) is 2. The van der Waals surface area contributed by atoms with Crippen LogP contribution in [0.4, 0.5) is 23.1 Å². The molecule has 1 fully saturated rings. The van der Waals surface area contributed by atoms with E-state index in [1.54, 1.807) is 18.6 Å². The van der Waals surface area contributed by atoms with Gasteiger partial charge in [-0.05, 0) is 25.0 Å². The molecule has 0 spiro atoms. The van der Waals surface area contributed by atoms with Gasteiger partial charge < -0.3 is 21.3 Å². The van der Waals surface area contributed by atoms with Crippen LogP contribution in [-0.2, 0) is 6.42 Å². The predicted molar refractivity (Wildman–Crippen MR) is 121 cm³/mol. The Morgan fingerprint density at radius 2 is 1.97 bits per heavy atom. The summed E-state index contributed by atoms with van der Waals surface area (Å²) in [5.74, 6) is 2.26. The monoisotopic (exact) mass is 404 g/mol. The van der Waals surface area contributed by atoms with E-state index in [1.165, 1.54) is 0 Å². The lowest BCUT2D eigenvalue weighted by Crippen LogP contribution is -2.43. The van der Waals surface area contributed by atoms with Crippen LogP contribution in [-0.4, -0.2) is 46.1 Å². The van der Waals surface area contributed by atoms with Crippen LogP contribution in [0.2, 0.25) is 0 Å². The number of pyridine rings is 2. The zero-order valence-electron chi connectivity index (χ0n) is 17.3. The second kappa shape index (κ2) is 9.49. The fourth-order valence-corrected chi connectivity index (χ4v) is 3.64. The molecule has 0 aromatic carbocycles. The number of nitrogen functional groups attached to an aromatic ring is 1. The van der Waals surface area contributed by atoms with Gasteiger partial charge in [-0.3, -0.25) is 4.98 Å². The summed E-state index contributed by atoms with van der Waals surface area (Å²) < 4.78 is 0. The lowest BCUT2D eigenvalue weighted by molar-refractivity contribution is 0.585. The predicted octanol–water partition coefficient (Wildman–Crippen LogP) is 3.01. The molecule has 4 N–H and O–H groups in total. The molecule has 0 unspecified atom stereocenters. The average molecular weight is 405 g/mol. The lowest BCUT2D eigenvalue weighted by Gasteiger charge is -2.28. The third-order valence-electron chi connectivity index (χ3n) is 5.22. The van der Waals surface area contributed by atoms with Crippen molar-refractivity contribution in [3.8, 4) is 11.3 Å². The first-order valence-electron chi connectivity index (χ1n) is 10.5. The third-order valence-corrected chi connectivity index (χ3v) is 5.22. The van der Waals surface area contributed by atoms with E-state index in [2.05, 4.69) is 43.5 Å². The molecule has 1 saturated heterocycles. The molecule has 4 rings (SSSR count). The van der Waals surface area contributed by atoms with Gasteiger partial charge in [-0.25, -0.2) is 15.0 Å². The fourth-order valence-electron chi connectivity index (χ4n) is 3.64. The molecule has 8 nitrogen and oxygen atoms in total. The minimum atomic E-state index is 0.632. The van der Waals surface area contributed by atoms with E-state index < -0.39 is 0 Å². The molecular formula is C22H28N8. The van der Waals surface area contributed by atoms with E-state index in [0.29, 0.717) is 11.6 Å². The summed E-state index contributed by atoms with van der Waals surface area (Å²) in [5.41, 5.74) is 10.2. The van der Waals surface area contributed by atoms with Crippen molar-refractivity contribution in [3.63, 3.8) is 0 Å². The normalized spacial score (nSPS) is 14.0. The average Bonchev–Trinajstić information content (AvgIpc) is 2.79. The molecule has 3 aromatic heterocycles. The van der Waals surface area contributed by atoms with Crippen molar-refractivity contribution in [1.29, 1.82) is 0 Å². The maximum atomic E-state index is 6.48. The minimum Gasteiger partial charge on any atom is -0.398 e. The molecule has 30 heavy (non-hydrogen) atoms. The molecule has 1 aliphatic heterocycles. The minimum absolute atomic E-state index is 0.632. The molecule has 156 valence electrons. The van der Waals surface area contributed by atoms with Gasteiger partial charge in [0.1, 0.15) is 17.5 Å². The number of nitrogens with two attached hydrogens (primary N) is 1. The number of rotatable bonds is 7. The molecule has 0 amide bonds. The number of anilines is 4. The summed E-state index contributed by atoms with van der Waals surface area (Å²) in [4.78, 5) is 20.2. The van der Waals surface area contributed by atoms with Crippen LogP contribution in [0.15, 0.2) is 43.0 Å². The van der Waals surface area contributed by atoms with Gasteiger partial charge in [-0.1, -0.05) is 13.3 Å². The van der Waals surface area contributed by atoms with Gasteiger partial charge in [0.05, 0.1) is 11.9 Å². The zero-order chi connectivity index (χ0) is 20.8. The van der Waals surface area contributed by atoms with Gasteiger partial charge in [0.25, 0.3) is 0 Å². The Labute approximate surface area is 177 Å². The van der Waals surface area contributed by atoms with Gasteiger partial charge in [-0.15, -0.1) is 0 Å². The molecule has 0 saturated carbocycles. The van der Waals surface area contributed by atoms with Gasteiger partial charge in [0.15, 0.2) is 0 Å².